The number of nitrogens with zero attached hydrogens (tertiary/aromatic N) is 1. The maximum atomic E-state index is 4.29. The average molecular weight is 240 g/mol. The van der Waals surface area contributed by atoms with Gasteiger partial charge in [0.05, 0.1) is 0 Å². The summed E-state index contributed by atoms with van der Waals surface area (Å²) < 4.78 is 0. The molecule has 0 unspecified atom stereocenters. The van der Waals surface area contributed by atoms with E-state index < -0.39 is 0 Å². The third-order valence-corrected chi connectivity index (χ3v) is 2.96. The van der Waals surface area contributed by atoms with Crippen molar-refractivity contribution in [1.82, 2.24) is 10.3 Å². The topological polar surface area (TPSA) is 24.9 Å². The van der Waals surface area contributed by atoms with Crippen molar-refractivity contribution in [1.29, 1.82) is 0 Å². The molecule has 18 heavy (non-hydrogen) atoms. The number of nitrogens with one attached hydrogen (secondary N) is 1. The molecule has 2 aromatic rings. The number of pyridine rings is 1. The normalized spacial score (nSPS) is 10.5. The van der Waals surface area contributed by atoms with Crippen LogP contribution in [0, 0.1) is 6.92 Å². The Morgan fingerprint density at radius 2 is 1.83 bits per heavy atom. The van der Waals surface area contributed by atoms with Crippen LogP contribution in [0.25, 0.3) is 0 Å². The van der Waals surface area contributed by atoms with E-state index >= 15 is 0 Å². The fourth-order valence-electron chi connectivity index (χ4n) is 1.90. The number of aromatic nitrogens is 1. The molecule has 0 aliphatic carbocycles. The van der Waals surface area contributed by atoms with Crippen LogP contribution in [0.5, 0.6) is 0 Å². The second kappa shape index (κ2) is 6.92. The summed E-state index contributed by atoms with van der Waals surface area (Å²) in [7, 11) is 0. The van der Waals surface area contributed by atoms with Crippen LogP contribution in [0.4, 0.5) is 0 Å². The second-order valence-corrected chi connectivity index (χ2v) is 4.57. The summed E-state index contributed by atoms with van der Waals surface area (Å²) in [6.45, 7) is 3.96. The van der Waals surface area contributed by atoms with Crippen molar-refractivity contribution in [3.05, 3.63) is 65.5 Å². The summed E-state index contributed by atoms with van der Waals surface area (Å²) in [4.78, 5) is 4.29. The lowest BCUT2D eigenvalue weighted by atomic mass is 10.1. The van der Waals surface area contributed by atoms with Gasteiger partial charge in [-0.05, 0) is 43.5 Å². The highest BCUT2D eigenvalue weighted by molar-refractivity contribution is 5.15. The predicted octanol–water partition coefficient (Wildman–Crippen LogP) is 3.11. The minimum atomic E-state index is 0.905. The minimum absolute atomic E-state index is 0.905. The quantitative estimate of drug-likeness (QED) is 0.785. The van der Waals surface area contributed by atoms with Crippen LogP contribution in [0.3, 0.4) is 0 Å². The van der Waals surface area contributed by atoms with Gasteiger partial charge < -0.3 is 5.32 Å². The van der Waals surface area contributed by atoms with E-state index in [1.54, 1.807) is 0 Å². The fourth-order valence-corrected chi connectivity index (χ4v) is 1.90. The van der Waals surface area contributed by atoms with E-state index in [0.29, 0.717) is 0 Å². The average Bonchev–Trinajstić information content (AvgIpc) is 2.42. The summed E-state index contributed by atoms with van der Waals surface area (Å²) >= 11 is 0. The second-order valence-electron chi connectivity index (χ2n) is 4.57. The molecule has 0 spiro atoms. The molecule has 2 rings (SSSR count). The van der Waals surface area contributed by atoms with Crippen molar-refractivity contribution >= 4 is 0 Å². The number of hydrogen-bond donors (Lipinski definition) is 1. The Kier molecular flexibility index (Phi) is 4.91. The first-order valence-electron chi connectivity index (χ1n) is 6.51. The van der Waals surface area contributed by atoms with Gasteiger partial charge in [0.25, 0.3) is 0 Å². The number of benzene rings is 1. The van der Waals surface area contributed by atoms with Gasteiger partial charge in [-0.3, -0.25) is 4.98 Å². The molecule has 0 saturated heterocycles. The molecule has 0 fully saturated rings. The van der Waals surface area contributed by atoms with E-state index in [-0.39, 0.29) is 0 Å². The summed E-state index contributed by atoms with van der Waals surface area (Å²) in [5, 5.41) is 3.45. The number of aryl methyl sites for hydroxylation is 2. The number of rotatable bonds is 6. The van der Waals surface area contributed by atoms with Crippen molar-refractivity contribution in [2.75, 3.05) is 6.54 Å². The van der Waals surface area contributed by atoms with E-state index in [4.69, 9.17) is 0 Å². The molecule has 1 heterocycles. The lowest BCUT2D eigenvalue weighted by Crippen LogP contribution is -2.15. The maximum absolute atomic E-state index is 4.29. The van der Waals surface area contributed by atoms with Crippen LogP contribution in [0.15, 0.2) is 48.7 Å². The first-order chi connectivity index (χ1) is 8.84. The molecule has 0 radical (unpaired) electrons. The Labute approximate surface area is 109 Å². The van der Waals surface area contributed by atoms with Gasteiger partial charge >= 0.3 is 0 Å². The maximum Gasteiger partial charge on any atom is 0.0372 e. The molecular weight excluding hydrogens is 220 g/mol. The van der Waals surface area contributed by atoms with Gasteiger partial charge in [0, 0.05) is 18.4 Å². The molecule has 1 N–H and O–H groups in total. The Balaban J connectivity index is 1.63. The van der Waals surface area contributed by atoms with E-state index in [1.165, 1.54) is 17.5 Å². The van der Waals surface area contributed by atoms with E-state index in [0.717, 1.165) is 25.2 Å². The molecule has 2 nitrogen and oxygen atoms in total. The van der Waals surface area contributed by atoms with Crippen LogP contribution in [0.2, 0.25) is 0 Å². The zero-order chi connectivity index (χ0) is 12.6. The molecule has 1 aromatic heterocycles. The van der Waals surface area contributed by atoms with E-state index in [2.05, 4.69) is 52.8 Å². The molecule has 2 heteroatoms. The van der Waals surface area contributed by atoms with Gasteiger partial charge in [0.15, 0.2) is 0 Å². The van der Waals surface area contributed by atoms with Gasteiger partial charge in [-0.1, -0.05) is 36.4 Å². The molecule has 0 aliphatic rings. The first-order valence-corrected chi connectivity index (χ1v) is 6.51. The largest absolute Gasteiger partial charge is 0.313 e. The lowest BCUT2D eigenvalue weighted by Gasteiger charge is -2.05. The Morgan fingerprint density at radius 1 is 1.00 bits per heavy atom. The highest BCUT2D eigenvalue weighted by Crippen LogP contribution is 2.02. The Morgan fingerprint density at radius 3 is 2.56 bits per heavy atom. The van der Waals surface area contributed by atoms with Crippen LogP contribution in [-0.4, -0.2) is 11.5 Å². The Bertz CT molecular complexity index is 448. The predicted molar refractivity (Wildman–Crippen MR) is 75.4 cm³/mol. The van der Waals surface area contributed by atoms with Crippen molar-refractivity contribution in [2.45, 2.75) is 26.3 Å². The standard InChI is InChI=1S/C16H20N2/c1-14-9-10-16(13-18-14)12-17-11-5-8-15-6-3-2-4-7-15/h2-4,6-7,9-10,13,17H,5,8,11-12H2,1H3. The van der Waals surface area contributed by atoms with Gasteiger partial charge in [0.2, 0.25) is 0 Å². The third-order valence-electron chi connectivity index (χ3n) is 2.96. The molecule has 0 saturated carbocycles. The smallest absolute Gasteiger partial charge is 0.0372 e. The Hall–Kier alpha value is -1.67. The molecule has 0 aliphatic heterocycles. The lowest BCUT2D eigenvalue weighted by molar-refractivity contribution is 0.648. The molecule has 0 atom stereocenters. The van der Waals surface area contributed by atoms with Crippen molar-refractivity contribution in [2.24, 2.45) is 0 Å². The molecular formula is C16H20N2. The summed E-state index contributed by atoms with van der Waals surface area (Å²) in [5.74, 6) is 0. The molecule has 0 amide bonds. The highest BCUT2D eigenvalue weighted by atomic mass is 14.8. The van der Waals surface area contributed by atoms with Crippen LogP contribution >= 0.6 is 0 Å². The SMILES string of the molecule is Cc1ccc(CNCCCc2ccccc2)cn1. The van der Waals surface area contributed by atoms with Crippen LogP contribution in [0.1, 0.15) is 23.2 Å². The molecule has 1 aromatic carbocycles. The third kappa shape index (κ3) is 4.30. The highest BCUT2D eigenvalue weighted by Gasteiger charge is 1.94. The van der Waals surface area contributed by atoms with Gasteiger partial charge in [0.1, 0.15) is 0 Å². The van der Waals surface area contributed by atoms with E-state index in [9.17, 15) is 0 Å². The monoisotopic (exact) mass is 240 g/mol. The number of hydrogen-bond acceptors (Lipinski definition) is 2. The van der Waals surface area contributed by atoms with E-state index in [1.807, 2.05) is 13.1 Å². The summed E-state index contributed by atoms with van der Waals surface area (Å²) in [6, 6.07) is 14.8. The first kappa shape index (κ1) is 12.8. The van der Waals surface area contributed by atoms with Crippen molar-refractivity contribution < 1.29 is 0 Å². The summed E-state index contributed by atoms with van der Waals surface area (Å²) in [5.41, 5.74) is 3.74. The van der Waals surface area contributed by atoms with Gasteiger partial charge in [-0.15, -0.1) is 0 Å². The molecule has 0 bridgehead atoms. The molecule has 94 valence electrons. The zero-order valence-electron chi connectivity index (χ0n) is 10.9. The van der Waals surface area contributed by atoms with Gasteiger partial charge in [-0.2, -0.15) is 0 Å². The van der Waals surface area contributed by atoms with Gasteiger partial charge in [-0.25, -0.2) is 0 Å². The minimum Gasteiger partial charge on any atom is -0.313 e. The summed E-state index contributed by atoms with van der Waals surface area (Å²) in [6.07, 6.45) is 4.25. The van der Waals surface area contributed by atoms with Crippen LogP contribution in [-0.2, 0) is 13.0 Å². The van der Waals surface area contributed by atoms with Crippen molar-refractivity contribution in [3.8, 4) is 0 Å². The van der Waals surface area contributed by atoms with Crippen molar-refractivity contribution in [3.63, 3.8) is 0 Å². The fraction of sp³-hybridized carbons (Fsp3) is 0.312. The van der Waals surface area contributed by atoms with Crippen LogP contribution < -0.4 is 5.32 Å². The zero-order valence-corrected chi connectivity index (χ0v) is 10.9.